The number of aryl methyl sites for hydroxylation is 1. The number of hydrogen-bond donors (Lipinski definition) is 1. The molecule has 10 heteroatoms. The Kier molecular flexibility index (Phi) is 6.12. The number of anilines is 1. The summed E-state index contributed by atoms with van der Waals surface area (Å²) in [5, 5.41) is 2.78. The molecule has 2 aliphatic rings. The number of likely N-dealkylation sites (tertiary alicyclic amines) is 1. The van der Waals surface area contributed by atoms with Gasteiger partial charge in [0.2, 0.25) is 21.8 Å². The van der Waals surface area contributed by atoms with Crippen molar-refractivity contribution < 1.29 is 27.2 Å². The predicted molar refractivity (Wildman–Crippen MR) is 112 cm³/mol. The number of nitrogens with one attached hydrogen (secondary N) is 1. The van der Waals surface area contributed by atoms with Gasteiger partial charge in [-0.1, -0.05) is 6.07 Å². The molecule has 0 saturated carbocycles. The molecule has 31 heavy (non-hydrogen) atoms. The molecule has 1 atom stereocenters. The molecule has 9 nitrogen and oxygen atoms in total. The first kappa shape index (κ1) is 21.5. The monoisotopic (exact) mass is 447 g/mol. The third-order valence-electron chi connectivity index (χ3n) is 5.56. The van der Waals surface area contributed by atoms with Gasteiger partial charge in [0.05, 0.1) is 36.8 Å². The van der Waals surface area contributed by atoms with Crippen LogP contribution in [0.15, 0.2) is 45.9 Å². The molecule has 0 radical (unpaired) electrons. The second kappa shape index (κ2) is 8.81. The van der Waals surface area contributed by atoms with Crippen LogP contribution in [0, 0.1) is 12.8 Å². The minimum atomic E-state index is -3.69. The van der Waals surface area contributed by atoms with Crippen LogP contribution in [-0.2, 0) is 30.9 Å². The number of carbonyl (C=O) groups excluding carboxylic acids is 2. The average molecular weight is 448 g/mol. The third-order valence-corrected chi connectivity index (χ3v) is 7.60. The minimum Gasteiger partial charge on any atom is -0.467 e. The Morgan fingerprint density at radius 3 is 2.71 bits per heavy atom. The van der Waals surface area contributed by atoms with Gasteiger partial charge in [0, 0.05) is 31.7 Å². The number of nitrogens with zero attached hydrogens (tertiary/aromatic N) is 2. The van der Waals surface area contributed by atoms with E-state index in [0.29, 0.717) is 49.9 Å². The maximum Gasteiger partial charge on any atom is 0.243 e. The van der Waals surface area contributed by atoms with Gasteiger partial charge in [-0.3, -0.25) is 9.59 Å². The molecule has 2 amide bonds. The van der Waals surface area contributed by atoms with E-state index in [1.165, 1.54) is 10.4 Å². The Labute approximate surface area is 181 Å². The van der Waals surface area contributed by atoms with Crippen molar-refractivity contribution in [1.29, 1.82) is 0 Å². The quantitative estimate of drug-likeness (QED) is 0.720. The number of rotatable bonds is 6. The summed E-state index contributed by atoms with van der Waals surface area (Å²) in [6.07, 6.45) is 1.65. The SMILES string of the molecule is Cc1ccc(NC(=O)C2CC(=O)N(Cc3ccco3)C2)cc1S(=O)(=O)N1CCOCC1. The zero-order chi connectivity index (χ0) is 22.0. The van der Waals surface area contributed by atoms with Crippen molar-refractivity contribution in [3.8, 4) is 0 Å². The van der Waals surface area contributed by atoms with E-state index in [-0.39, 0.29) is 29.7 Å². The predicted octanol–water partition coefficient (Wildman–Crippen LogP) is 1.60. The Balaban J connectivity index is 1.45. The lowest BCUT2D eigenvalue weighted by Crippen LogP contribution is -2.40. The minimum absolute atomic E-state index is 0.108. The highest BCUT2D eigenvalue weighted by molar-refractivity contribution is 7.89. The fourth-order valence-corrected chi connectivity index (χ4v) is 5.48. The fourth-order valence-electron chi connectivity index (χ4n) is 3.82. The molecule has 2 fully saturated rings. The number of benzene rings is 1. The standard InChI is InChI=1S/C21H25N3O6S/c1-15-4-5-17(12-19(15)31(27,28)24-6-9-29-10-7-24)22-21(26)16-11-20(25)23(13-16)14-18-3-2-8-30-18/h2-5,8,12,16H,6-7,9-11,13-14H2,1H3,(H,22,26). The van der Waals surface area contributed by atoms with Gasteiger partial charge in [-0.05, 0) is 36.8 Å². The number of sulfonamides is 1. The van der Waals surface area contributed by atoms with Crippen molar-refractivity contribution in [3.05, 3.63) is 47.9 Å². The van der Waals surface area contributed by atoms with Crippen molar-refractivity contribution in [1.82, 2.24) is 9.21 Å². The van der Waals surface area contributed by atoms with Crippen LogP contribution in [0.25, 0.3) is 0 Å². The molecule has 0 bridgehead atoms. The van der Waals surface area contributed by atoms with Crippen LogP contribution in [0.4, 0.5) is 5.69 Å². The van der Waals surface area contributed by atoms with Gasteiger partial charge in [0.1, 0.15) is 5.76 Å². The Morgan fingerprint density at radius 1 is 1.23 bits per heavy atom. The van der Waals surface area contributed by atoms with Crippen LogP contribution in [0.1, 0.15) is 17.7 Å². The van der Waals surface area contributed by atoms with Crippen LogP contribution in [-0.4, -0.2) is 62.3 Å². The first-order chi connectivity index (χ1) is 14.8. The Bertz CT molecular complexity index is 1060. The molecule has 2 aliphatic heterocycles. The molecule has 1 aromatic carbocycles. The number of ether oxygens (including phenoxy) is 1. The zero-order valence-corrected chi connectivity index (χ0v) is 18.1. The van der Waals surface area contributed by atoms with Gasteiger partial charge < -0.3 is 19.4 Å². The largest absolute Gasteiger partial charge is 0.467 e. The number of hydrogen-bond acceptors (Lipinski definition) is 6. The van der Waals surface area contributed by atoms with E-state index < -0.39 is 15.9 Å². The summed E-state index contributed by atoms with van der Waals surface area (Å²) in [4.78, 5) is 26.8. The van der Waals surface area contributed by atoms with Crippen LogP contribution < -0.4 is 5.32 Å². The van der Waals surface area contributed by atoms with E-state index in [2.05, 4.69) is 5.32 Å². The molecule has 1 unspecified atom stereocenters. The molecule has 0 aliphatic carbocycles. The van der Waals surface area contributed by atoms with Gasteiger partial charge in [-0.15, -0.1) is 0 Å². The third kappa shape index (κ3) is 4.65. The summed E-state index contributed by atoms with van der Waals surface area (Å²) in [6.45, 7) is 3.65. The van der Waals surface area contributed by atoms with E-state index in [0.717, 1.165) is 0 Å². The topological polar surface area (TPSA) is 109 Å². The summed E-state index contributed by atoms with van der Waals surface area (Å²) < 4.78 is 38.0. The van der Waals surface area contributed by atoms with E-state index in [1.807, 2.05) is 0 Å². The highest BCUT2D eigenvalue weighted by Gasteiger charge is 2.35. The zero-order valence-electron chi connectivity index (χ0n) is 17.2. The van der Waals surface area contributed by atoms with Crippen molar-refractivity contribution in [2.75, 3.05) is 38.2 Å². The first-order valence-electron chi connectivity index (χ1n) is 10.1. The molecule has 2 aromatic rings. The van der Waals surface area contributed by atoms with Crippen molar-refractivity contribution in [2.24, 2.45) is 5.92 Å². The van der Waals surface area contributed by atoms with E-state index in [4.69, 9.17) is 9.15 Å². The van der Waals surface area contributed by atoms with Gasteiger partial charge in [-0.25, -0.2) is 8.42 Å². The average Bonchev–Trinajstić information content (AvgIpc) is 3.40. The summed E-state index contributed by atoms with van der Waals surface area (Å²) >= 11 is 0. The summed E-state index contributed by atoms with van der Waals surface area (Å²) in [7, 11) is -3.69. The van der Waals surface area contributed by atoms with E-state index in [1.54, 1.807) is 42.4 Å². The van der Waals surface area contributed by atoms with Crippen LogP contribution in [0.3, 0.4) is 0 Å². The van der Waals surface area contributed by atoms with Crippen molar-refractivity contribution in [3.63, 3.8) is 0 Å². The Hall–Kier alpha value is -2.69. The van der Waals surface area contributed by atoms with Gasteiger partial charge >= 0.3 is 0 Å². The Morgan fingerprint density at radius 2 is 2.00 bits per heavy atom. The number of amides is 2. The number of furan rings is 1. The molecule has 2 saturated heterocycles. The summed E-state index contributed by atoms with van der Waals surface area (Å²) in [6, 6.07) is 8.35. The molecular weight excluding hydrogens is 422 g/mol. The van der Waals surface area contributed by atoms with Gasteiger partial charge in [0.15, 0.2) is 0 Å². The molecule has 4 rings (SSSR count). The van der Waals surface area contributed by atoms with Gasteiger partial charge in [0.25, 0.3) is 0 Å². The first-order valence-corrected chi connectivity index (χ1v) is 11.6. The maximum absolute atomic E-state index is 13.0. The number of morpholine rings is 1. The van der Waals surface area contributed by atoms with E-state index in [9.17, 15) is 18.0 Å². The van der Waals surface area contributed by atoms with Crippen LogP contribution >= 0.6 is 0 Å². The molecule has 0 spiro atoms. The molecular formula is C21H25N3O6S. The van der Waals surface area contributed by atoms with E-state index >= 15 is 0 Å². The van der Waals surface area contributed by atoms with Crippen molar-refractivity contribution in [2.45, 2.75) is 24.8 Å². The second-order valence-electron chi connectivity index (χ2n) is 7.74. The van der Waals surface area contributed by atoms with Crippen LogP contribution in [0.5, 0.6) is 0 Å². The molecule has 1 N–H and O–H groups in total. The fraction of sp³-hybridized carbons (Fsp3) is 0.429. The smallest absolute Gasteiger partial charge is 0.243 e. The normalized spacial score (nSPS) is 20.2. The lowest BCUT2D eigenvalue weighted by atomic mass is 10.1. The number of carbonyl (C=O) groups is 2. The van der Waals surface area contributed by atoms with Gasteiger partial charge in [-0.2, -0.15) is 4.31 Å². The molecule has 1 aromatic heterocycles. The lowest BCUT2D eigenvalue weighted by Gasteiger charge is -2.27. The summed E-state index contributed by atoms with van der Waals surface area (Å²) in [5.74, 6) is -0.279. The van der Waals surface area contributed by atoms with Crippen LogP contribution in [0.2, 0.25) is 0 Å². The second-order valence-corrected chi connectivity index (χ2v) is 9.65. The molecule has 3 heterocycles. The highest BCUT2D eigenvalue weighted by atomic mass is 32.2. The highest BCUT2D eigenvalue weighted by Crippen LogP contribution is 2.26. The van der Waals surface area contributed by atoms with Crippen molar-refractivity contribution >= 4 is 27.5 Å². The maximum atomic E-state index is 13.0. The summed E-state index contributed by atoms with van der Waals surface area (Å²) in [5.41, 5.74) is 0.990. The molecule has 166 valence electrons. The lowest BCUT2D eigenvalue weighted by molar-refractivity contribution is -0.128.